The van der Waals surface area contributed by atoms with Crippen molar-refractivity contribution in [3.8, 4) is 0 Å². The van der Waals surface area contributed by atoms with Crippen molar-refractivity contribution in [1.82, 2.24) is 10.7 Å². The van der Waals surface area contributed by atoms with Gasteiger partial charge in [0.2, 0.25) is 0 Å². The Balaban J connectivity index is 2.86. The smallest absolute Gasteiger partial charge is 0.0744 e. The fourth-order valence-electron chi connectivity index (χ4n) is 0.660. The molecule has 0 heterocycles. The van der Waals surface area contributed by atoms with Crippen LogP contribution in [0.2, 0.25) is 0 Å². The van der Waals surface area contributed by atoms with Gasteiger partial charge in [-0.05, 0) is 13.0 Å². The van der Waals surface area contributed by atoms with Gasteiger partial charge in [0.25, 0.3) is 0 Å². The molecule has 12 heavy (non-hydrogen) atoms. The maximum Gasteiger partial charge on any atom is 0.0744 e. The molecule has 0 radical (unpaired) electrons. The Morgan fingerprint density at radius 3 is 2.75 bits per heavy atom. The number of hydrogen-bond acceptors (Lipinski definition) is 5. The van der Waals surface area contributed by atoms with E-state index in [-0.39, 0.29) is 0 Å². The van der Waals surface area contributed by atoms with Crippen molar-refractivity contribution in [3.63, 3.8) is 0 Å². The Labute approximate surface area is 71.3 Å². The zero-order chi connectivity index (χ0) is 9.07. The van der Waals surface area contributed by atoms with Crippen LogP contribution in [0.4, 0.5) is 0 Å². The molecule has 7 nitrogen and oxygen atoms in total. The molecule has 0 aromatic heterocycles. The second kappa shape index (κ2) is 9.76. The number of rotatable bonds is 8. The van der Waals surface area contributed by atoms with Crippen LogP contribution in [0.15, 0.2) is 15.6 Å². The minimum atomic E-state index is 0.604. The minimum absolute atomic E-state index is 0.604. The lowest BCUT2D eigenvalue weighted by Crippen LogP contribution is -2.21. The Kier molecular flexibility index (Phi) is 8.75. The summed E-state index contributed by atoms with van der Waals surface area (Å²) in [6.07, 6.45) is 0.933. The fraction of sp³-hybridized carbons (Fsp3) is 1.00. The fourth-order valence-corrected chi connectivity index (χ4v) is 0.660. The number of hydrogen-bond donors (Lipinski definition) is 4. The van der Waals surface area contributed by atoms with Crippen LogP contribution >= 0.6 is 0 Å². The van der Waals surface area contributed by atoms with E-state index in [0.29, 0.717) is 6.54 Å². The summed E-state index contributed by atoms with van der Waals surface area (Å²) in [5.41, 5.74) is 8.97. The van der Waals surface area contributed by atoms with Crippen LogP contribution in [0, 0.1) is 5.53 Å². The minimum Gasteiger partial charge on any atom is -0.315 e. The van der Waals surface area contributed by atoms with Crippen molar-refractivity contribution < 1.29 is 0 Å². The zero-order valence-electron chi connectivity index (χ0n) is 6.95. The molecule has 0 bridgehead atoms. The van der Waals surface area contributed by atoms with Gasteiger partial charge in [0.1, 0.15) is 0 Å². The van der Waals surface area contributed by atoms with E-state index in [1.807, 2.05) is 0 Å². The summed E-state index contributed by atoms with van der Waals surface area (Å²) in [5, 5.41) is 12.8. The van der Waals surface area contributed by atoms with E-state index in [0.717, 1.165) is 26.1 Å². The molecule has 70 valence electrons. The lowest BCUT2D eigenvalue weighted by molar-refractivity contribution is 0.589. The van der Waals surface area contributed by atoms with Crippen molar-refractivity contribution in [2.24, 2.45) is 21.4 Å². The van der Waals surface area contributed by atoms with Crippen LogP contribution in [0.25, 0.3) is 0 Å². The average molecular weight is 173 g/mol. The number of nitrogens with zero attached hydrogens (tertiary/aromatic N) is 3. The Morgan fingerprint density at radius 2 is 2.08 bits per heavy atom. The molecule has 0 rings (SSSR count). The van der Waals surface area contributed by atoms with E-state index in [1.165, 1.54) is 0 Å². The quantitative estimate of drug-likeness (QED) is 0.177. The molecule has 0 atom stereocenters. The monoisotopic (exact) mass is 173 g/mol. The average Bonchev–Trinajstić information content (AvgIpc) is 2.10. The summed E-state index contributed by atoms with van der Waals surface area (Å²) in [6, 6.07) is 0. The lowest BCUT2D eigenvalue weighted by Gasteiger charge is -2.00. The summed E-state index contributed by atoms with van der Waals surface area (Å²) in [6.45, 7) is 2.98. The molecular weight excluding hydrogens is 158 g/mol. The SMILES string of the molecule is N=NNCCCNCCN=NN. The van der Waals surface area contributed by atoms with Crippen LogP contribution in [0.3, 0.4) is 0 Å². The summed E-state index contributed by atoms with van der Waals surface area (Å²) >= 11 is 0. The third-order valence-corrected chi connectivity index (χ3v) is 1.19. The number of nitrogens with one attached hydrogen (secondary N) is 3. The van der Waals surface area contributed by atoms with Gasteiger partial charge in [-0.15, -0.1) is 0 Å². The Morgan fingerprint density at radius 1 is 1.25 bits per heavy atom. The van der Waals surface area contributed by atoms with Crippen molar-refractivity contribution in [2.45, 2.75) is 6.42 Å². The topological polar surface area (TPSA) is 111 Å². The van der Waals surface area contributed by atoms with Gasteiger partial charge in [-0.25, -0.2) is 0 Å². The highest BCUT2D eigenvalue weighted by molar-refractivity contribution is 4.49. The molecule has 0 aliphatic heterocycles. The van der Waals surface area contributed by atoms with Gasteiger partial charge in [0.05, 0.1) is 6.54 Å². The normalized spacial score (nSPS) is 10.3. The summed E-state index contributed by atoms with van der Waals surface area (Å²) in [7, 11) is 0. The molecule has 5 N–H and O–H groups in total. The third-order valence-electron chi connectivity index (χ3n) is 1.19. The zero-order valence-corrected chi connectivity index (χ0v) is 6.95. The molecule has 0 fully saturated rings. The van der Waals surface area contributed by atoms with Gasteiger partial charge in [0, 0.05) is 13.1 Å². The highest BCUT2D eigenvalue weighted by atomic mass is 15.4. The van der Waals surface area contributed by atoms with Crippen LogP contribution in [-0.2, 0) is 0 Å². The molecule has 7 heteroatoms. The third kappa shape index (κ3) is 8.76. The predicted octanol–water partition coefficient (Wildman–Crippen LogP) is -0.172. The van der Waals surface area contributed by atoms with E-state index in [1.54, 1.807) is 0 Å². The molecule has 0 aromatic rings. The maximum atomic E-state index is 6.43. The molecule has 0 aromatic carbocycles. The van der Waals surface area contributed by atoms with Gasteiger partial charge in [-0.3, -0.25) is 5.43 Å². The second-order valence-corrected chi connectivity index (χ2v) is 2.10. The summed E-state index contributed by atoms with van der Waals surface area (Å²) in [5.74, 6) is 4.80. The molecule has 0 saturated carbocycles. The van der Waals surface area contributed by atoms with Gasteiger partial charge < -0.3 is 11.2 Å². The van der Waals surface area contributed by atoms with Crippen molar-refractivity contribution in [2.75, 3.05) is 26.2 Å². The molecule has 0 amide bonds. The molecule has 0 spiro atoms. The number of nitrogens with two attached hydrogens (primary N) is 1. The van der Waals surface area contributed by atoms with Crippen molar-refractivity contribution >= 4 is 0 Å². The molecule has 0 saturated heterocycles. The van der Waals surface area contributed by atoms with Crippen molar-refractivity contribution in [3.05, 3.63) is 0 Å². The second-order valence-electron chi connectivity index (χ2n) is 2.10. The van der Waals surface area contributed by atoms with Crippen LogP contribution in [-0.4, -0.2) is 26.2 Å². The first-order chi connectivity index (χ1) is 5.91. The Bertz CT molecular complexity index is 123. The first-order valence-corrected chi connectivity index (χ1v) is 3.78. The predicted molar refractivity (Wildman–Crippen MR) is 44.5 cm³/mol. The van der Waals surface area contributed by atoms with E-state index in [9.17, 15) is 0 Å². The van der Waals surface area contributed by atoms with E-state index < -0.39 is 0 Å². The molecule has 0 unspecified atom stereocenters. The van der Waals surface area contributed by atoms with Gasteiger partial charge in [-0.1, -0.05) is 10.4 Å². The van der Waals surface area contributed by atoms with Crippen molar-refractivity contribution in [1.29, 1.82) is 5.53 Å². The highest BCUT2D eigenvalue weighted by Crippen LogP contribution is 1.73. The van der Waals surface area contributed by atoms with E-state index in [4.69, 9.17) is 11.4 Å². The first kappa shape index (κ1) is 10.8. The maximum absolute atomic E-state index is 6.43. The van der Waals surface area contributed by atoms with E-state index in [2.05, 4.69) is 26.3 Å². The van der Waals surface area contributed by atoms with Gasteiger partial charge >= 0.3 is 0 Å². The molecule has 0 aliphatic carbocycles. The Hall–Kier alpha value is -1.24. The summed E-state index contributed by atoms with van der Waals surface area (Å²) < 4.78 is 0. The van der Waals surface area contributed by atoms with Crippen LogP contribution < -0.4 is 16.6 Å². The largest absolute Gasteiger partial charge is 0.315 e. The van der Waals surface area contributed by atoms with Crippen LogP contribution in [0.5, 0.6) is 0 Å². The summed E-state index contributed by atoms with van der Waals surface area (Å²) in [4.78, 5) is 0. The standard InChI is InChI=1S/C5H15N7/c6-11-9-3-1-2-8-4-5-10-12-7/h8H,1-5H2,(H2,6,9)(H2,7,10). The highest BCUT2D eigenvalue weighted by Gasteiger charge is 1.86. The van der Waals surface area contributed by atoms with E-state index >= 15 is 0 Å². The lowest BCUT2D eigenvalue weighted by atomic mass is 10.4. The van der Waals surface area contributed by atoms with Gasteiger partial charge in [-0.2, -0.15) is 10.6 Å². The first-order valence-electron chi connectivity index (χ1n) is 3.78. The molecular formula is C5H15N7. The molecule has 0 aliphatic rings. The van der Waals surface area contributed by atoms with Crippen LogP contribution in [0.1, 0.15) is 6.42 Å². The van der Waals surface area contributed by atoms with Gasteiger partial charge in [0.15, 0.2) is 0 Å².